The maximum Gasteiger partial charge on any atom is 0.251 e. The molecule has 0 aliphatic rings. The molecule has 0 aliphatic heterocycles. The summed E-state index contributed by atoms with van der Waals surface area (Å²) in [6, 6.07) is 24.3. The van der Waals surface area contributed by atoms with Gasteiger partial charge in [-0.25, -0.2) is 0 Å². The average molecular weight is 384 g/mol. The molecule has 0 aliphatic carbocycles. The molecule has 0 saturated heterocycles. The number of benzene rings is 3. The first kappa shape index (κ1) is 18.5. The van der Waals surface area contributed by atoms with Gasteiger partial charge >= 0.3 is 0 Å². The van der Waals surface area contributed by atoms with Gasteiger partial charge in [0.2, 0.25) is 0 Å². The number of fused-ring (bicyclic) bond motifs is 1. The monoisotopic (exact) mass is 384 g/mol. The minimum Gasteiger partial charge on any atom is -0.497 e. The Morgan fingerprint density at radius 1 is 0.897 bits per heavy atom. The Hall–Kier alpha value is -3.86. The number of aromatic nitrogens is 1. The van der Waals surface area contributed by atoms with Crippen LogP contribution >= 0.6 is 0 Å². The number of methoxy groups -OCH3 is 1. The first-order chi connectivity index (χ1) is 14.2. The van der Waals surface area contributed by atoms with Crippen molar-refractivity contribution in [3.8, 4) is 17.2 Å². The minimum absolute atomic E-state index is 0.116. The SMILES string of the molecule is COc1ccc(Oc2ccc(CNC(=O)c3ccc4ncccc4c3)cc2)cc1. The van der Waals surface area contributed by atoms with Crippen molar-refractivity contribution in [3.05, 3.63) is 96.2 Å². The molecule has 1 heterocycles. The van der Waals surface area contributed by atoms with E-state index < -0.39 is 0 Å². The Balaban J connectivity index is 1.36. The Labute approximate surface area is 168 Å². The molecule has 0 fully saturated rings. The zero-order valence-corrected chi connectivity index (χ0v) is 16.0. The average Bonchev–Trinajstić information content (AvgIpc) is 2.78. The number of nitrogens with zero attached hydrogens (tertiary/aromatic N) is 1. The molecule has 0 radical (unpaired) electrons. The summed E-state index contributed by atoms with van der Waals surface area (Å²) in [4.78, 5) is 16.7. The van der Waals surface area contributed by atoms with Gasteiger partial charge in [-0.2, -0.15) is 0 Å². The molecule has 0 saturated carbocycles. The molecule has 144 valence electrons. The summed E-state index contributed by atoms with van der Waals surface area (Å²) in [5, 5.41) is 3.89. The van der Waals surface area contributed by atoms with Gasteiger partial charge in [0.25, 0.3) is 5.91 Å². The number of nitrogens with one attached hydrogen (secondary N) is 1. The van der Waals surface area contributed by atoms with Crippen LogP contribution in [0.5, 0.6) is 17.2 Å². The van der Waals surface area contributed by atoms with Gasteiger partial charge in [0.05, 0.1) is 12.6 Å². The number of rotatable bonds is 6. The summed E-state index contributed by atoms with van der Waals surface area (Å²) < 4.78 is 11.0. The molecule has 4 aromatic rings. The first-order valence-corrected chi connectivity index (χ1v) is 9.25. The minimum atomic E-state index is -0.116. The Kier molecular flexibility index (Phi) is 5.38. The maximum atomic E-state index is 12.5. The second-order valence-electron chi connectivity index (χ2n) is 6.52. The highest BCUT2D eigenvalue weighted by atomic mass is 16.5. The Morgan fingerprint density at radius 3 is 2.31 bits per heavy atom. The summed E-state index contributed by atoms with van der Waals surface area (Å²) in [5.74, 6) is 2.13. The summed E-state index contributed by atoms with van der Waals surface area (Å²) in [6.07, 6.45) is 1.74. The third-order valence-electron chi connectivity index (χ3n) is 4.54. The van der Waals surface area contributed by atoms with Crippen molar-refractivity contribution in [2.45, 2.75) is 6.54 Å². The lowest BCUT2D eigenvalue weighted by atomic mass is 10.1. The van der Waals surface area contributed by atoms with E-state index in [1.807, 2.05) is 72.8 Å². The van der Waals surface area contributed by atoms with Gasteiger partial charge in [0.15, 0.2) is 0 Å². The van der Waals surface area contributed by atoms with Crippen molar-refractivity contribution in [1.29, 1.82) is 0 Å². The fraction of sp³-hybridized carbons (Fsp3) is 0.0833. The van der Waals surface area contributed by atoms with Crippen LogP contribution in [0.2, 0.25) is 0 Å². The van der Waals surface area contributed by atoms with E-state index in [-0.39, 0.29) is 5.91 Å². The Morgan fingerprint density at radius 2 is 1.59 bits per heavy atom. The molecule has 1 N–H and O–H groups in total. The molecule has 5 nitrogen and oxygen atoms in total. The standard InChI is InChI=1S/C24H20N2O3/c1-28-20-9-11-22(12-10-20)29-21-7-4-17(5-8-21)16-26-24(27)19-6-13-23-18(15-19)3-2-14-25-23/h2-15H,16H2,1H3,(H,26,27). The van der Waals surface area contributed by atoms with Crippen LogP contribution in [-0.4, -0.2) is 18.0 Å². The van der Waals surface area contributed by atoms with Crippen molar-refractivity contribution in [2.75, 3.05) is 7.11 Å². The Bertz CT molecular complexity index is 1120. The highest BCUT2D eigenvalue weighted by molar-refractivity contribution is 5.97. The molecule has 0 spiro atoms. The molecular weight excluding hydrogens is 364 g/mol. The van der Waals surface area contributed by atoms with Crippen LogP contribution in [0.4, 0.5) is 0 Å². The van der Waals surface area contributed by atoms with Crippen LogP contribution in [0.3, 0.4) is 0 Å². The van der Waals surface area contributed by atoms with E-state index in [0.717, 1.165) is 33.7 Å². The van der Waals surface area contributed by atoms with Gasteiger partial charge in [-0.15, -0.1) is 0 Å². The van der Waals surface area contributed by atoms with Crippen LogP contribution in [0.25, 0.3) is 10.9 Å². The fourth-order valence-electron chi connectivity index (χ4n) is 2.96. The summed E-state index contributed by atoms with van der Waals surface area (Å²) in [5.41, 5.74) is 2.48. The molecule has 0 bridgehead atoms. The molecule has 3 aromatic carbocycles. The van der Waals surface area contributed by atoms with Crippen molar-refractivity contribution >= 4 is 16.8 Å². The normalized spacial score (nSPS) is 10.5. The number of amides is 1. The molecule has 4 rings (SSSR count). The van der Waals surface area contributed by atoms with E-state index in [2.05, 4.69) is 10.3 Å². The third-order valence-corrected chi connectivity index (χ3v) is 4.54. The van der Waals surface area contributed by atoms with E-state index in [9.17, 15) is 4.79 Å². The summed E-state index contributed by atoms with van der Waals surface area (Å²) >= 11 is 0. The van der Waals surface area contributed by atoms with Crippen molar-refractivity contribution in [3.63, 3.8) is 0 Å². The summed E-state index contributed by atoms with van der Waals surface area (Å²) in [6.45, 7) is 0.437. The van der Waals surface area contributed by atoms with Gasteiger partial charge < -0.3 is 14.8 Å². The van der Waals surface area contributed by atoms with Crippen molar-refractivity contribution in [2.24, 2.45) is 0 Å². The van der Waals surface area contributed by atoms with Gasteiger partial charge in [0.1, 0.15) is 17.2 Å². The number of pyridine rings is 1. The van der Waals surface area contributed by atoms with E-state index in [1.54, 1.807) is 19.4 Å². The molecular formula is C24H20N2O3. The molecule has 5 heteroatoms. The van der Waals surface area contributed by atoms with Crippen LogP contribution in [-0.2, 0) is 6.54 Å². The fourth-order valence-corrected chi connectivity index (χ4v) is 2.96. The van der Waals surface area contributed by atoms with E-state index in [1.165, 1.54) is 0 Å². The third kappa shape index (κ3) is 4.52. The molecule has 29 heavy (non-hydrogen) atoms. The highest BCUT2D eigenvalue weighted by Gasteiger charge is 2.07. The molecule has 0 unspecified atom stereocenters. The second kappa shape index (κ2) is 8.44. The lowest BCUT2D eigenvalue weighted by Crippen LogP contribution is -2.22. The lowest BCUT2D eigenvalue weighted by molar-refractivity contribution is 0.0951. The smallest absolute Gasteiger partial charge is 0.251 e. The molecule has 1 amide bonds. The van der Waals surface area contributed by atoms with Crippen molar-refractivity contribution in [1.82, 2.24) is 10.3 Å². The number of carbonyl (C=O) groups excluding carboxylic acids is 1. The van der Waals surface area contributed by atoms with Crippen LogP contribution in [0.15, 0.2) is 85.1 Å². The highest BCUT2D eigenvalue weighted by Crippen LogP contribution is 2.24. The van der Waals surface area contributed by atoms with Gasteiger partial charge in [0, 0.05) is 23.7 Å². The number of hydrogen-bond acceptors (Lipinski definition) is 4. The second-order valence-corrected chi connectivity index (χ2v) is 6.52. The van der Waals surface area contributed by atoms with Gasteiger partial charge in [-0.1, -0.05) is 18.2 Å². The van der Waals surface area contributed by atoms with Gasteiger partial charge in [-0.05, 0) is 66.2 Å². The van der Waals surface area contributed by atoms with Crippen LogP contribution in [0, 0.1) is 0 Å². The van der Waals surface area contributed by atoms with Crippen LogP contribution in [0.1, 0.15) is 15.9 Å². The number of hydrogen-bond donors (Lipinski definition) is 1. The zero-order valence-electron chi connectivity index (χ0n) is 16.0. The zero-order chi connectivity index (χ0) is 20.1. The number of ether oxygens (including phenoxy) is 2. The van der Waals surface area contributed by atoms with E-state index in [4.69, 9.17) is 9.47 Å². The van der Waals surface area contributed by atoms with Crippen LogP contribution < -0.4 is 14.8 Å². The van der Waals surface area contributed by atoms with Crippen molar-refractivity contribution < 1.29 is 14.3 Å². The van der Waals surface area contributed by atoms with E-state index >= 15 is 0 Å². The summed E-state index contributed by atoms with van der Waals surface area (Å²) in [7, 11) is 1.63. The quantitative estimate of drug-likeness (QED) is 0.510. The maximum absolute atomic E-state index is 12.5. The lowest BCUT2D eigenvalue weighted by Gasteiger charge is -2.09. The number of carbonyl (C=O) groups is 1. The molecule has 0 atom stereocenters. The molecule has 1 aromatic heterocycles. The predicted octanol–water partition coefficient (Wildman–Crippen LogP) is 4.97. The predicted molar refractivity (Wildman–Crippen MR) is 112 cm³/mol. The van der Waals surface area contributed by atoms with Gasteiger partial charge in [-0.3, -0.25) is 9.78 Å². The van der Waals surface area contributed by atoms with E-state index in [0.29, 0.717) is 12.1 Å². The first-order valence-electron chi connectivity index (χ1n) is 9.25. The largest absolute Gasteiger partial charge is 0.497 e. The topological polar surface area (TPSA) is 60.5 Å².